The van der Waals surface area contributed by atoms with E-state index in [1.165, 1.54) is 56.6 Å². The number of hydrogen-bond donors (Lipinski definition) is 1. The minimum atomic E-state index is -0.562. The molecule has 19 heteroatoms. The summed E-state index contributed by atoms with van der Waals surface area (Å²) in [5.74, 6) is 0.252. The van der Waals surface area contributed by atoms with Crippen molar-refractivity contribution in [3.63, 3.8) is 0 Å². The van der Waals surface area contributed by atoms with Gasteiger partial charge in [0, 0.05) is 54.7 Å². The first-order chi connectivity index (χ1) is 23.2. The number of ketones is 2. The van der Waals surface area contributed by atoms with Gasteiger partial charge in [-0.3, -0.25) is 19.2 Å². The van der Waals surface area contributed by atoms with Gasteiger partial charge in [-0.25, -0.2) is 9.97 Å². The van der Waals surface area contributed by atoms with E-state index in [4.69, 9.17) is 23.1 Å². The summed E-state index contributed by atoms with van der Waals surface area (Å²) in [6.45, 7) is 31.3. The summed E-state index contributed by atoms with van der Waals surface area (Å²) in [6.07, 6.45) is 1.18. The Morgan fingerprint density at radius 2 is 1.16 bits per heavy atom. The number of ether oxygens (including phenoxy) is 2. The Hall–Kier alpha value is -4.46. The summed E-state index contributed by atoms with van der Waals surface area (Å²) >= 11 is 5.64. The third-order valence-electron chi connectivity index (χ3n) is 4.79. The van der Waals surface area contributed by atoms with Crippen molar-refractivity contribution in [3.8, 4) is 5.88 Å². The number of hydrogen-bond acceptors (Lipinski definition) is 16. The molecule has 0 aliphatic heterocycles. The van der Waals surface area contributed by atoms with Crippen LogP contribution in [-0.4, -0.2) is 62.0 Å². The molecule has 0 aliphatic rings. The highest BCUT2D eigenvalue weighted by Crippen LogP contribution is 2.29. The second-order valence-corrected chi connectivity index (χ2v) is 14.9. The van der Waals surface area contributed by atoms with Crippen molar-refractivity contribution in [3.05, 3.63) is 70.1 Å². The molecule has 0 fully saturated rings. The van der Waals surface area contributed by atoms with Crippen LogP contribution in [0.4, 0.5) is 11.6 Å². The first-order valence-electron chi connectivity index (χ1n) is 14.2. The molecule has 4 rings (SSSR count). The molecule has 1 N–H and O–H groups in total. The van der Waals surface area contributed by atoms with Crippen LogP contribution in [0.5, 0.6) is 5.88 Å². The molecule has 0 saturated carbocycles. The van der Waals surface area contributed by atoms with Crippen molar-refractivity contribution in [2.45, 2.75) is 80.1 Å². The highest BCUT2D eigenvalue weighted by molar-refractivity contribution is 7.12. The van der Waals surface area contributed by atoms with Gasteiger partial charge in [0.1, 0.15) is 5.01 Å². The van der Waals surface area contributed by atoms with E-state index in [0.717, 1.165) is 15.9 Å². The van der Waals surface area contributed by atoms with Crippen LogP contribution in [0.1, 0.15) is 105 Å². The zero-order valence-electron chi connectivity index (χ0n) is 30.0. The zero-order valence-corrected chi connectivity index (χ0v) is 34.0. The average molecular weight is 798 g/mol. The molecule has 4 aromatic heterocycles. The molecule has 0 aromatic carbocycles. The Bertz CT molecular complexity index is 1810. The van der Waals surface area contributed by atoms with Gasteiger partial charge in [0.05, 0.1) is 24.4 Å². The number of Topliss-reactive ketones (excluding diaryl/α,β-unsaturated/α-hetero) is 2. The van der Waals surface area contributed by atoms with E-state index in [9.17, 15) is 19.2 Å². The van der Waals surface area contributed by atoms with Gasteiger partial charge in [-0.1, -0.05) is 59.8 Å². The van der Waals surface area contributed by atoms with Gasteiger partial charge < -0.3 is 24.4 Å². The van der Waals surface area contributed by atoms with Crippen LogP contribution in [0.15, 0.2) is 26.7 Å². The summed E-state index contributed by atoms with van der Waals surface area (Å²) in [5, 5.41) is 20.8. The minimum Gasteiger partial charge on any atom is -0.480 e. The molecular weight excluding hydrogens is 758 g/mol. The normalized spacial score (nSPS) is 9.98. The van der Waals surface area contributed by atoms with Gasteiger partial charge >= 0.3 is 11.9 Å². The quantitative estimate of drug-likeness (QED) is 0.0396. The molecule has 0 spiro atoms. The van der Waals surface area contributed by atoms with Gasteiger partial charge in [-0.15, -0.1) is 67.7 Å². The van der Waals surface area contributed by atoms with E-state index in [1.54, 1.807) is 45.9 Å². The van der Waals surface area contributed by atoms with E-state index in [1.807, 2.05) is 5.38 Å². The molecule has 276 valence electrons. The van der Waals surface area contributed by atoms with Gasteiger partial charge in [0.15, 0.2) is 15.8 Å². The fourth-order valence-electron chi connectivity index (χ4n) is 2.61. The maximum atomic E-state index is 10.7. The lowest BCUT2D eigenvalue weighted by Gasteiger charge is -2.13. The standard InChI is InChI=1S/C8H10N2S.C8H13NOS.C6H6N2O2S.C6H4N2OS.C4H6O3.ClH/c1-8(2,3)7-10-6(9-4)5-11-7;1-8(2,3)7-9-6(10-4)5-11-7;1-4(9)6-8-5(2-7-10)3-11-6;1-4(9)6-8-5(7-2)3-10-6;1-3(5)7-4(2)6;/h5H,1-3H3;5H,1-4H3;2-3,10H,1H3;3H,1H3;1-2H3;1H/b;;7-2-;;;. The molecule has 0 bridgehead atoms. The Kier molecular flexibility index (Phi) is 22.8. The molecule has 14 nitrogen and oxygen atoms in total. The van der Waals surface area contributed by atoms with Gasteiger partial charge in [0.2, 0.25) is 16.7 Å². The van der Waals surface area contributed by atoms with Crippen molar-refractivity contribution >= 4 is 99.1 Å². The predicted molar refractivity (Wildman–Crippen MR) is 204 cm³/mol. The van der Waals surface area contributed by atoms with Crippen LogP contribution in [0.2, 0.25) is 0 Å². The summed E-state index contributed by atoms with van der Waals surface area (Å²) in [6, 6.07) is 0. The van der Waals surface area contributed by atoms with Crippen molar-refractivity contribution in [2.24, 2.45) is 5.16 Å². The van der Waals surface area contributed by atoms with Crippen LogP contribution in [-0.2, 0) is 25.2 Å². The molecule has 0 unspecified atom stereocenters. The van der Waals surface area contributed by atoms with Crippen molar-refractivity contribution in [1.82, 2.24) is 19.9 Å². The Labute approximate surface area is 319 Å². The number of rotatable bonds is 4. The summed E-state index contributed by atoms with van der Waals surface area (Å²) in [4.78, 5) is 63.3. The molecule has 51 heavy (non-hydrogen) atoms. The predicted octanol–water partition coefficient (Wildman–Crippen LogP) is 9.01. The van der Waals surface area contributed by atoms with Gasteiger partial charge in [0.25, 0.3) is 11.6 Å². The maximum Gasteiger partial charge on any atom is 0.310 e. The van der Waals surface area contributed by atoms with E-state index in [2.05, 4.69) is 81.1 Å². The topological polar surface area (TPSA) is 180 Å². The molecule has 4 aromatic rings. The fraction of sp³-hybridized carbons (Fsp3) is 0.406. The monoisotopic (exact) mass is 797 g/mol. The van der Waals surface area contributed by atoms with E-state index < -0.39 is 11.9 Å². The van der Waals surface area contributed by atoms with E-state index >= 15 is 0 Å². The lowest BCUT2D eigenvalue weighted by molar-refractivity contribution is -0.156. The highest BCUT2D eigenvalue weighted by atomic mass is 35.5. The first-order valence-corrected chi connectivity index (χ1v) is 17.7. The third-order valence-corrected chi connectivity index (χ3v) is 9.18. The van der Waals surface area contributed by atoms with Crippen LogP contribution in [0.3, 0.4) is 0 Å². The number of carbonyl (C=O) groups is 4. The number of carbonyl (C=O) groups excluding carboxylic acids is 4. The molecule has 0 amide bonds. The maximum absolute atomic E-state index is 10.7. The zero-order chi connectivity index (χ0) is 38.7. The number of esters is 2. The Balaban J connectivity index is 0. The Morgan fingerprint density at radius 1 is 0.725 bits per heavy atom. The smallest absolute Gasteiger partial charge is 0.310 e. The number of methoxy groups -OCH3 is 1. The summed E-state index contributed by atoms with van der Waals surface area (Å²) < 4.78 is 8.96. The lowest BCUT2D eigenvalue weighted by atomic mass is 9.98. The molecule has 0 radical (unpaired) electrons. The van der Waals surface area contributed by atoms with Crippen LogP contribution in [0, 0.1) is 13.1 Å². The molecule has 0 saturated heterocycles. The van der Waals surface area contributed by atoms with Crippen molar-refractivity contribution in [1.29, 1.82) is 0 Å². The highest BCUT2D eigenvalue weighted by Gasteiger charge is 2.21. The average Bonchev–Trinajstić information content (AvgIpc) is 3.84. The number of thiazole rings is 4. The van der Waals surface area contributed by atoms with Crippen molar-refractivity contribution in [2.75, 3.05) is 7.11 Å². The number of oxime groups is 1. The molecule has 0 aliphatic carbocycles. The Morgan fingerprint density at radius 3 is 1.43 bits per heavy atom. The minimum absolute atomic E-state index is 0. The number of aromatic nitrogens is 4. The molecule has 4 heterocycles. The number of halogens is 1. The van der Waals surface area contributed by atoms with Gasteiger partial charge in [-0.05, 0) is 0 Å². The second-order valence-electron chi connectivity index (χ2n) is 11.5. The summed E-state index contributed by atoms with van der Waals surface area (Å²) in [7, 11) is 1.64. The lowest BCUT2D eigenvalue weighted by Crippen LogP contribution is -2.10. The fourth-order valence-corrected chi connectivity index (χ4v) is 5.59. The second kappa shape index (κ2) is 23.9. The van der Waals surface area contributed by atoms with E-state index in [0.29, 0.717) is 27.3 Å². The number of nitrogens with zero attached hydrogens (tertiary/aromatic N) is 7. The van der Waals surface area contributed by atoms with Crippen LogP contribution in [0.25, 0.3) is 9.69 Å². The SMILES string of the molecule is CC(=O)OC(C)=O.CC(=O)c1nc(/C=N\O)cs1.COc1csc(C(C)(C)C)n1.Cl.[C-]#[N+]c1csc(C(C)(C)C)n1.[C-]#[N+]c1csc(C(C)=O)n1. The summed E-state index contributed by atoms with van der Waals surface area (Å²) in [5.41, 5.74) is 0.720. The van der Waals surface area contributed by atoms with Gasteiger partial charge in [-0.2, -0.15) is 0 Å². The molecular formula is C32H40ClN7O7S4. The van der Waals surface area contributed by atoms with Crippen LogP contribution < -0.4 is 4.74 Å². The van der Waals surface area contributed by atoms with Crippen molar-refractivity contribution < 1.29 is 33.9 Å². The first kappa shape index (κ1) is 48.7. The third kappa shape index (κ3) is 20.7. The largest absolute Gasteiger partial charge is 0.480 e. The van der Waals surface area contributed by atoms with E-state index in [-0.39, 0.29) is 34.8 Å². The molecule has 0 atom stereocenters. The van der Waals surface area contributed by atoms with Crippen LogP contribution >= 0.6 is 57.8 Å².